The molecule has 0 saturated heterocycles. The minimum Gasteiger partial charge on any atom is -0.456 e. The zero-order chi connectivity index (χ0) is 37.5. The van der Waals surface area contributed by atoms with Crippen LogP contribution in [0, 0.1) is 0 Å². The van der Waals surface area contributed by atoms with E-state index in [1.807, 2.05) is 78.9 Å². The average Bonchev–Trinajstić information content (AvgIpc) is 3.95. The molecule has 57 heavy (non-hydrogen) atoms. The molecule has 0 aliphatic carbocycles. The third kappa shape index (κ3) is 5.08. The molecule has 4 aromatic heterocycles. The second kappa shape index (κ2) is 12.3. The minimum atomic E-state index is 0.591. The summed E-state index contributed by atoms with van der Waals surface area (Å²) < 4.78 is 15.0. The Morgan fingerprint density at radius 3 is 1.56 bits per heavy atom. The Morgan fingerprint density at radius 2 is 0.807 bits per heavy atom. The Hall–Kier alpha value is -7.83. The number of aromatic nitrogens is 4. The highest BCUT2D eigenvalue weighted by atomic mass is 16.3. The van der Waals surface area contributed by atoms with Crippen LogP contribution in [0.4, 0.5) is 0 Å². The van der Waals surface area contributed by atoms with Gasteiger partial charge in [-0.2, -0.15) is 0 Å². The van der Waals surface area contributed by atoms with Gasteiger partial charge < -0.3 is 13.4 Å². The minimum absolute atomic E-state index is 0.591. The smallest absolute Gasteiger partial charge is 0.164 e. The fraction of sp³-hybridized carbons (Fsp3) is 0. The molecule has 0 saturated carbocycles. The van der Waals surface area contributed by atoms with Crippen molar-refractivity contribution >= 4 is 65.7 Å². The zero-order valence-electron chi connectivity index (χ0n) is 30.4. The molecule has 0 aliphatic rings. The molecule has 0 spiro atoms. The summed E-state index contributed by atoms with van der Waals surface area (Å²) in [6.07, 6.45) is 0. The number of hydrogen-bond donors (Lipinski definition) is 0. The van der Waals surface area contributed by atoms with Crippen LogP contribution in [0.1, 0.15) is 0 Å². The van der Waals surface area contributed by atoms with Crippen LogP contribution < -0.4 is 0 Å². The van der Waals surface area contributed by atoms with Gasteiger partial charge in [0.1, 0.15) is 22.3 Å². The second-order valence-corrected chi connectivity index (χ2v) is 14.4. The standard InChI is InChI=1S/C51H30N4O2/c1-3-11-31(12-4-1)49-52-50(32-13-5-2-6-14-32)54-51(53-49)35-19-23-39-42-30-36(22-26-47(42)57-48(39)29-35)55-43-17-9-7-15-37(43)40-27-33(20-24-44(40)55)34-21-25-46-41(28-34)38-16-8-10-18-45(38)56-46/h1-30H. The molecule has 0 unspecified atom stereocenters. The van der Waals surface area contributed by atoms with Gasteiger partial charge in [0.25, 0.3) is 0 Å². The number of furan rings is 2. The molecule has 6 heteroatoms. The number of fused-ring (bicyclic) bond motifs is 9. The summed E-state index contributed by atoms with van der Waals surface area (Å²) in [5.41, 5.74) is 11.8. The van der Waals surface area contributed by atoms with E-state index < -0.39 is 0 Å². The topological polar surface area (TPSA) is 69.9 Å². The van der Waals surface area contributed by atoms with Crippen LogP contribution in [0.15, 0.2) is 191 Å². The van der Waals surface area contributed by atoms with Crippen molar-refractivity contribution in [1.29, 1.82) is 0 Å². The first-order valence-corrected chi connectivity index (χ1v) is 19.0. The Kier molecular flexibility index (Phi) is 6.83. The van der Waals surface area contributed by atoms with Gasteiger partial charge in [-0.25, -0.2) is 15.0 Å². The van der Waals surface area contributed by atoms with Gasteiger partial charge in [0.05, 0.1) is 11.0 Å². The molecule has 12 aromatic rings. The quantitative estimate of drug-likeness (QED) is 0.176. The second-order valence-electron chi connectivity index (χ2n) is 14.4. The molecule has 12 rings (SSSR count). The molecule has 0 radical (unpaired) electrons. The molecule has 4 heterocycles. The third-order valence-electron chi connectivity index (χ3n) is 11.1. The first-order chi connectivity index (χ1) is 28.2. The maximum atomic E-state index is 6.52. The van der Waals surface area contributed by atoms with Gasteiger partial charge in [-0.1, -0.05) is 115 Å². The summed E-state index contributed by atoms with van der Waals surface area (Å²) in [6.45, 7) is 0. The van der Waals surface area contributed by atoms with Crippen LogP contribution in [0.25, 0.3) is 117 Å². The fourth-order valence-electron chi connectivity index (χ4n) is 8.32. The molecule has 266 valence electrons. The lowest BCUT2D eigenvalue weighted by atomic mass is 10.0. The van der Waals surface area contributed by atoms with Crippen LogP contribution in [0.2, 0.25) is 0 Å². The predicted octanol–water partition coefficient (Wildman–Crippen LogP) is 13.4. The van der Waals surface area contributed by atoms with E-state index in [4.69, 9.17) is 23.8 Å². The highest BCUT2D eigenvalue weighted by Crippen LogP contribution is 2.39. The van der Waals surface area contributed by atoms with Gasteiger partial charge in [-0.3, -0.25) is 0 Å². The lowest BCUT2D eigenvalue weighted by Gasteiger charge is -2.09. The van der Waals surface area contributed by atoms with Crippen molar-refractivity contribution in [3.05, 3.63) is 182 Å². The summed E-state index contributed by atoms with van der Waals surface area (Å²) in [5, 5.41) is 6.73. The number of rotatable bonds is 5. The molecule has 0 N–H and O–H groups in total. The molecule has 0 aliphatic heterocycles. The Morgan fingerprint density at radius 1 is 0.298 bits per heavy atom. The van der Waals surface area contributed by atoms with E-state index in [2.05, 4.69) is 108 Å². The number of nitrogens with zero attached hydrogens (tertiary/aromatic N) is 4. The molecule has 6 nitrogen and oxygen atoms in total. The summed E-state index contributed by atoms with van der Waals surface area (Å²) >= 11 is 0. The van der Waals surface area contributed by atoms with E-state index in [0.717, 1.165) is 88.4 Å². The highest BCUT2D eigenvalue weighted by Gasteiger charge is 2.18. The summed E-state index contributed by atoms with van der Waals surface area (Å²) in [4.78, 5) is 14.7. The SMILES string of the molecule is c1ccc(-c2nc(-c3ccccc3)nc(-c3ccc4c(c3)oc3ccc(-n5c6ccccc6c6cc(-c7ccc8oc9ccccc9c8c7)ccc65)cc34)n2)cc1. The van der Waals surface area contributed by atoms with Crippen molar-refractivity contribution < 1.29 is 8.83 Å². The van der Waals surface area contributed by atoms with Crippen molar-refractivity contribution in [2.24, 2.45) is 0 Å². The van der Waals surface area contributed by atoms with Crippen molar-refractivity contribution in [3.63, 3.8) is 0 Å². The maximum Gasteiger partial charge on any atom is 0.164 e. The van der Waals surface area contributed by atoms with Crippen LogP contribution in [-0.4, -0.2) is 19.5 Å². The van der Waals surface area contributed by atoms with Crippen molar-refractivity contribution in [3.8, 4) is 51.0 Å². The predicted molar refractivity (Wildman–Crippen MR) is 230 cm³/mol. The average molecular weight is 731 g/mol. The lowest BCUT2D eigenvalue weighted by molar-refractivity contribution is 0.668. The van der Waals surface area contributed by atoms with Gasteiger partial charge in [0.15, 0.2) is 17.5 Å². The molecular formula is C51H30N4O2. The summed E-state index contributed by atoms with van der Waals surface area (Å²) in [6, 6.07) is 62.9. The van der Waals surface area contributed by atoms with Crippen LogP contribution in [0.5, 0.6) is 0 Å². The van der Waals surface area contributed by atoms with E-state index in [-0.39, 0.29) is 0 Å². The van der Waals surface area contributed by atoms with Crippen molar-refractivity contribution in [1.82, 2.24) is 19.5 Å². The van der Waals surface area contributed by atoms with Crippen LogP contribution in [-0.2, 0) is 0 Å². The Bertz CT molecular complexity index is 3470. The third-order valence-corrected chi connectivity index (χ3v) is 11.1. The first-order valence-electron chi connectivity index (χ1n) is 19.0. The van der Waals surface area contributed by atoms with Crippen molar-refractivity contribution in [2.45, 2.75) is 0 Å². The molecule has 0 atom stereocenters. The van der Waals surface area contributed by atoms with E-state index in [1.54, 1.807) is 0 Å². The number of benzene rings is 8. The molecular weight excluding hydrogens is 701 g/mol. The Balaban J connectivity index is 0.969. The normalized spacial score (nSPS) is 11.9. The fourth-order valence-corrected chi connectivity index (χ4v) is 8.32. The highest BCUT2D eigenvalue weighted by molar-refractivity contribution is 6.12. The lowest BCUT2D eigenvalue weighted by Crippen LogP contribution is -2.00. The largest absolute Gasteiger partial charge is 0.456 e. The summed E-state index contributed by atoms with van der Waals surface area (Å²) in [7, 11) is 0. The monoisotopic (exact) mass is 730 g/mol. The first kappa shape index (κ1) is 31.5. The van der Waals surface area contributed by atoms with Crippen LogP contribution in [0.3, 0.4) is 0 Å². The molecule has 8 aromatic carbocycles. The van der Waals surface area contributed by atoms with Crippen molar-refractivity contribution in [2.75, 3.05) is 0 Å². The van der Waals surface area contributed by atoms with Gasteiger partial charge in [-0.15, -0.1) is 0 Å². The van der Waals surface area contributed by atoms with E-state index in [9.17, 15) is 0 Å². The number of para-hydroxylation sites is 2. The van der Waals surface area contributed by atoms with E-state index in [0.29, 0.717) is 17.5 Å². The Labute approximate surface area is 325 Å². The molecule has 0 bridgehead atoms. The molecule has 0 amide bonds. The van der Waals surface area contributed by atoms with Gasteiger partial charge >= 0.3 is 0 Å². The van der Waals surface area contributed by atoms with E-state index in [1.165, 1.54) is 10.8 Å². The van der Waals surface area contributed by atoms with Gasteiger partial charge in [-0.05, 0) is 77.9 Å². The van der Waals surface area contributed by atoms with Gasteiger partial charge in [0.2, 0.25) is 0 Å². The maximum absolute atomic E-state index is 6.52. The van der Waals surface area contributed by atoms with Gasteiger partial charge in [0, 0.05) is 54.7 Å². The zero-order valence-corrected chi connectivity index (χ0v) is 30.4. The summed E-state index contributed by atoms with van der Waals surface area (Å²) in [5.74, 6) is 1.84. The van der Waals surface area contributed by atoms with Crippen LogP contribution >= 0.6 is 0 Å². The number of hydrogen-bond acceptors (Lipinski definition) is 5. The molecule has 0 fully saturated rings. The van der Waals surface area contributed by atoms with E-state index >= 15 is 0 Å².